The minimum atomic E-state index is -5.00. The minimum Gasteiger partial charge on any atom is -0.507 e. The molecule has 12 nitrogen and oxygen atoms in total. The first-order valence-corrected chi connectivity index (χ1v) is 14.7. The van der Waals surface area contributed by atoms with E-state index in [0.29, 0.717) is 11.8 Å². The van der Waals surface area contributed by atoms with Crippen LogP contribution in [0.2, 0.25) is 0 Å². The number of pyridine rings is 2. The first-order valence-electron chi connectivity index (χ1n) is 14.7. The number of hydrogen-bond donors (Lipinski definition) is 3. The van der Waals surface area contributed by atoms with Crippen LogP contribution in [-0.2, 0) is 6.18 Å². The second-order valence-electron chi connectivity index (χ2n) is 11.5. The number of rotatable bonds is 7. The number of carbonyl (C=O) groups is 1. The molecule has 0 saturated carbocycles. The molecule has 3 aromatic heterocycles. The quantitative estimate of drug-likeness (QED) is 0.236. The number of nitrogens with zero attached hydrogens (tertiary/aromatic N) is 6. The van der Waals surface area contributed by atoms with Gasteiger partial charge in [0.05, 0.1) is 28.8 Å². The molecule has 0 radical (unpaired) electrons. The van der Waals surface area contributed by atoms with Gasteiger partial charge in [0.2, 0.25) is 0 Å². The van der Waals surface area contributed by atoms with Gasteiger partial charge in [0.1, 0.15) is 35.3 Å². The van der Waals surface area contributed by atoms with Crippen molar-refractivity contribution in [2.45, 2.75) is 51.9 Å². The van der Waals surface area contributed by atoms with Gasteiger partial charge in [0.25, 0.3) is 0 Å². The highest BCUT2D eigenvalue weighted by Crippen LogP contribution is 2.43. The highest BCUT2D eigenvalue weighted by molar-refractivity contribution is 5.91. The molecule has 1 fully saturated rings. The molecule has 4 aromatic rings. The maximum atomic E-state index is 16.1. The smallest absolute Gasteiger partial charge is 0.417 e. The fourth-order valence-corrected chi connectivity index (χ4v) is 5.79. The number of phenols is 1. The first-order chi connectivity index (χ1) is 22.1. The lowest BCUT2D eigenvalue weighted by atomic mass is 10.0. The van der Waals surface area contributed by atoms with Crippen molar-refractivity contribution in [3.05, 3.63) is 64.1 Å². The summed E-state index contributed by atoms with van der Waals surface area (Å²) < 4.78 is 65.2. The molecule has 4 heterocycles. The zero-order valence-corrected chi connectivity index (χ0v) is 25.8. The number of anilines is 1. The molecule has 0 unspecified atom stereocenters. The Labute approximate surface area is 265 Å². The summed E-state index contributed by atoms with van der Waals surface area (Å²) in [5.41, 5.74) is -4.11. The van der Waals surface area contributed by atoms with Crippen LogP contribution in [0.3, 0.4) is 0 Å². The summed E-state index contributed by atoms with van der Waals surface area (Å²) in [6.07, 6.45) is -4.73. The molecule has 2 atom stereocenters. The van der Waals surface area contributed by atoms with Gasteiger partial charge < -0.3 is 29.9 Å². The fourth-order valence-electron chi connectivity index (χ4n) is 5.79. The summed E-state index contributed by atoms with van der Waals surface area (Å²) in [5, 5.41) is 29.6. The first kappa shape index (κ1) is 33.4. The van der Waals surface area contributed by atoms with Gasteiger partial charge in [-0.2, -0.15) is 18.2 Å². The van der Waals surface area contributed by atoms with Gasteiger partial charge in [-0.05, 0) is 38.0 Å². The molecular weight excluding hydrogens is 628 g/mol. The van der Waals surface area contributed by atoms with Crippen LogP contribution in [0.5, 0.6) is 11.5 Å². The Morgan fingerprint density at radius 3 is 2.49 bits per heavy atom. The van der Waals surface area contributed by atoms with Crippen molar-refractivity contribution >= 4 is 22.9 Å². The van der Waals surface area contributed by atoms with Gasteiger partial charge in [0, 0.05) is 37.4 Å². The normalized spacial score (nSPS) is 17.1. The summed E-state index contributed by atoms with van der Waals surface area (Å²) in [7, 11) is 0. The summed E-state index contributed by atoms with van der Waals surface area (Å²) in [6, 6.07) is 3.79. The molecule has 1 amide bonds. The lowest BCUT2D eigenvalue weighted by Gasteiger charge is -2.43. The van der Waals surface area contributed by atoms with Gasteiger partial charge in [-0.25, -0.2) is 23.5 Å². The molecule has 0 bridgehead atoms. The van der Waals surface area contributed by atoms with E-state index in [4.69, 9.17) is 4.74 Å². The zero-order valence-electron chi connectivity index (χ0n) is 25.8. The standard InChI is InChI=1S/C31H32F4N6O6/c1-15(2)24-26(22(8-9-36-24)47-11-10-42)41-28-18(27(38-29(41)44)39-13-17(4)40(30(45)46)14-16(39)3)12-20(32)25(37-28)23-19(31(33,34)35)6-5-7-21(23)43/h5-9,12,15-17,42-43H,10-11,13-14H2,1-4H3,(H,45,46)/t16-,17+/m0/s1. The van der Waals surface area contributed by atoms with E-state index < -0.39 is 58.4 Å². The monoisotopic (exact) mass is 660 g/mol. The lowest BCUT2D eigenvalue weighted by molar-refractivity contribution is -0.137. The third kappa shape index (κ3) is 6.12. The fraction of sp³-hybridized carbons (Fsp3) is 0.387. The Morgan fingerprint density at radius 2 is 1.85 bits per heavy atom. The number of aliphatic hydroxyl groups is 1. The summed E-state index contributed by atoms with van der Waals surface area (Å²) in [6.45, 7) is 6.39. The average molecular weight is 661 g/mol. The minimum absolute atomic E-state index is 0.0167. The van der Waals surface area contributed by atoms with E-state index in [-0.39, 0.29) is 60.5 Å². The Balaban J connectivity index is 1.90. The number of aromatic nitrogens is 4. The van der Waals surface area contributed by atoms with Crippen molar-refractivity contribution < 1.29 is 42.4 Å². The largest absolute Gasteiger partial charge is 0.507 e. The molecule has 1 aromatic carbocycles. The third-order valence-corrected chi connectivity index (χ3v) is 7.92. The van der Waals surface area contributed by atoms with Crippen LogP contribution in [0.4, 0.5) is 28.2 Å². The number of amides is 1. The molecule has 3 N–H and O–H groups in total. The Bertz CT molecular complexity index is 1900. The molecule has 250 valence electrons. The number of aromatic hydroxyl groups is 1. The zero-order chi connectivity index (χ0) is 34.4. The molecular formula is C31H32F4N6O6. The van der Waals surface area contributed by atoms with E-state index in [1.54, 1.807) is 32.6 Å². The number of halogens is 4. The van der Waals surface area contributed by atoms with Gasteiger partial charge in [-0.1, -0.05) is 19.9 Å². The number of carboxylic acid groups (broad SMARTS) is 1. The molecule has 1 aliphatic rings. The van der Waals surface area contributed by atoms with Gasteiger partial charge in [-0.15, -0.1) is 0 Å². The topological polar surface area (TPSA) is 154 Å². The van der Waals surface area contributed by atoms with Gasteiger partial charge in [0.15, 0.2) is 11.5 Å². The SMILES string of the molecule is CC(C)c1nccc(OCCO)c1-n1c(=O)nc(N2C[C@@H](C)N(C(=O)O)C[C@@H]2C)c2cc(F)c(-c3c(O)cccc3C(F)(F)F)nc21. The molecule has 1 saturated heterocycles. The van der Waals surface area contributed by atoms with E-state index >= 15 is 4.39 Å². The van der Waals surface area contributed by atoms with Crippen molar-refractivity contribution in [3.63, 3.8) is 0 Å². The summed E-state index contributed by atoms with van der Waals surface area (Å²) in [5.74, 6) is -2.47. The van der Waals surface area contributed by atoms with Crippen molar-refractivity contribution in [2.75, 3.05) is 31.2 Å². The second-order valence-corrected chi connectivity index (χ2v) is 11.5. The number of benzene rings is 1. The molecule has 0 spiro atoms. The molecule has 47 heavy (non-hydrogen) atoms. The number of hydrogen-bond acceptors (Lipinski definition) is 9. The average Bonchev–Trinajstić information content (AvgIpc) is 3.00. The Morgan fingerprint density at radius 1 is 1.13 bits per heavy atom. The number of phenolic OH excluding ortho intramolecular Hbond substituents is 1. The van der Waals surface area contributed by atoms with Gasteiger partial charge >= 0.3 is 18.0 Å². The predicted octanol–water partition coefficient (Wildman–Crippen LogP) is 4.78. The van der Waals surface area contributed by atoms with Crippen LogP contribution in [0.15, 0.2) is 41.3 Å². The maximum Gasteiger partial charge on any atom is 0.417 e. The van der Waals surface area contributed by atoms with Crippen LogP contribution in [-0.4, -0.2) is 84.2 Å². The van der Waals surface area contributed by atoms with Crippen molar-refractivity contribution in [1.82, 2.24) is 24.4 Å². The van der Waals surface area contributed by atoms with E-state index in [2.05, 4.69) is 15.0 Å². The number of alkyl halides is 3. The highest BCUT2D eigenvalue weighted by Gasteiger charge is 2.38. The number of fused-ring (bicyclic) bond motifs is 1. The molecule has 16 heteroatoms. The van der Waals surface area contributed by atoms with Crippen molar-refractivity contribution in [3.8, 4) is 28.4 Å². The number of ether oxygens (including phenoxy) is 1. The van der Waals surface area contributed by atoms with Crippen molar-refractivity contribution in [2.24, 2.45) is 0 Å². The van der Waals surface area contributed by atoms with Gasteiger partial charge in [-0.3, -0.25) is 4.98 Å². The Hall–Kier alpha value is -4.99. The summed E-state index contributed by atoms with van der Waals surface area (Å²) in [4.78, 5) is 41.7. The van der Waals surface area contributed by atoms with Crippen LogP contribution < -0.4 is 15.3 Å². The van der Waals surface area contributed by atoms with E-state index in [0.717, 1.165) is 22.8 Å². The molecule has 1 aliphatic heterocycles. The van der Waals surface area contributed by atoms with E-state index in [1.165, 1.54) is 17.2 Å². The maximum absolute atomic E-state index is 16.1. The Kier molecular flexibility index (Phi) is 8.99. The van der Waals surface area contributed by atoms with Crippen LogP contribution in [0.1, 0.15) is 44.9 Å². The van der Waals surface area contributed by atoms with E-state index in [1.807, 2.05) is 0 Å². The predicted molar refractivity (Wildman–Crippen MR) is 163 cm³/mol. The van der Waals surface area contributed by atoms with Crippen LogP contribution in [0.25, 0.3) is 28.0 Å². The summed E-state index contributed by atoms with van der Waals surface area (Å²) >= 11 is 0. The second kappa shape index (κ2) is 12.7. The van der Waals surface area contributed by atoms with E-state index in [9.17, 15) is 38.1 Å². The number of piperazine rings is 1. The highest BCUT2D eigenvalue weighted by atomic mass is 19.4. The van der Waals surface area contributed by atoms with Crippen LogP contribution in [0, 0.1) is 5.82 Å². The van der Waals surface area contributed by atoms with Crippen LogP contribution >= 0.6 is 0 Å². The lowest BCUT2D eigenvalue weighted by Crippen LogP contribution is -2.58. The molecule has 0 aliphatic carbocycles. The van der Waals surface area contributed by atoms with Crippen molar-refractivity contribution in [1.29, 1.82) is 0 Å². The molecule has 5 rings (SSSR count). The number of aliphatic hydroxyl groups excluding tert-OH is 1. The third-order valence-electron chi connectivity index (χ3n) is 7.92.